The lowest BCUT2D eigenvalue weighted by Gasteiger charge is -2.09. The highest BCUT2D eigenvalue weighted by Crippen LogP contribution is 2.36. The highest BCUT2D eigenvalue weighted by Gasteiger charge is 2.28. The van der Waals surface area contributed by atoms with E-state index in [2.05, 4.69) is 21.9 Å². The summed E-state index contributed by atoms with van der Waals surface area (Å²) in [6.07, 6.45) is 5.04. The van der Waals surface area contributed by atoms with Crippen LogP contribution in [-0.2, 0) is 4.83 Å². The van der Waals surface area contributed by atoms with Crippen molar-refractivity contribution in [3.8, 4) is 12.3 Å². The number of benzene rings is 1. The summed E-state index contributed by atoms with van der Waals surface area (Å²) >= 11 is 2.25. The molecule has 0 N–H and O–H groups in total. The van der Waals surface area contributed by atoms with Crippen LogP contribution in [0.5, 0.6) is 0 Å². The molecule has 0 heterocycles. The van der Waals surface area contributed by atoms with E-state index in [4.69, 9.17) is 6.42 Å². The molecule has 0 fully saturated rings. The van der Waals surface area contributed by atoms with Gasteiger partial charge in [-0.3, -0.25) is 0 Å². The molecular weight excluding hydrogens is 226 g/mol. The van der Waals surface area contributed by atoms with E-state index in [1.165, 1.54) is 18.2 Å². The molecule has 0 radical (unpaired) electrons. The van der Waals surface area contributed by atoms with E-state index in [1.54, 1.807) is 6.07 Å². The largest absolute Gasteiger partial charge is 0.327 e. The van der Waals surface area contributed by atoms with Crippen molar-refractivity contribution < 1.29 is 8.78 Å². The topological polar surface area (TPSA) is 0 Å². The van der Waals surface area contributed by atoms with Crippen molar-refractivity contribution in [1.29, 1.82) is 0 Å². The Balaban J connectivity index is 3.26. The third-order valence-corrected chi connectivity index (χ3v) is 1.82. The lowest BCUT2D eigenvalue weighted by molar-refractivity contribution is 0.114. The zero-order valence-corrected chi connectivity index (χ0v) is 7.61. The molecule has 0 amide bonds. The van der Waals surface area contributed by atoms with Crippen molar-refractivity contribution in [3.05, 3.63) is 35.4 Å². The average molecular weight is 231 g/mol. The number of halogens is 3. The fourth-order valence-electron chi connectivity index (χ4n) is 0.856. The van der Waals surface area contributed by atoms with Gasteiger partial charge in [-0.05, 0) is 22.0 Å². The van der Waals surface area contributed by atoms with Crippen LogP contribution in [0, 0.1) is 12.3 Å². The molecule has 0 aromatic heterocycles. The van der Waals surface area contributed by atoms with Gasteiger partial charge in [0.1, 0.15) is 0 Å². The van der Waals surface area contributed by atoms with Gasteiger partial charge in [0.2, 0.25) is 0 Å². The summed E-state index contributed by atoms with van der Waals surface area (Å²) < 4.78 is 25.4. The highest BCUT2D eigenvalue weighted by atomic mass is 79.9. The summed E-state index contributed by atoms with van der Waals surface area (Å²) in [5.41, 5.74) is 0.0341. The zero-order chi connectivity index (χ0) is 9.19. The van der Waals surface area contributed by atoms with Crippen molar-refractivity contribution in [3.63, 3.8) is 0 Å². The van der Waals surface area contributed by atoms with Crippen molar-refractivity contribution in [1.82, 2.24) is 0 Å². The van der Waals surface area contributed by atoms with Gasteiger partial charge in [-0.1, -0.05) is 24.1 Å². The van der Waals surface area contributed by atoms with Crippen LogP contribution in [0.1, 0.15) is 11.1 Å². The monoisotopic (exact) mass is 230 g/mol. The van der Waals surface area contributed by atoms with Crippen molar-refractivity contribution in [2.75, 3.05) is 0 Å². The van der Waals surface area contributed by atoms with Crippen LogP contribution in [0.25, 0.3) is 0 Å². The predicted octanol–water partition coefficient (Wildman–Crippen LogP) is 3.11. The third-order valence-electron chi connectivity index (χ3n) is 1.39. The molecule has 0 atom stereocenters. The zero-order valence-electron chi connectivity index (χ0n) is 6.02. The van der Waals surface area contributed by atoms with Gasteiger partial charge in [-0.2, -0.15) is 8.78 Å². The van der Waals surface area contributed by atoms with E-state index < -0.39 is 4.83 Å². The van der Waals surface area contributed by atoms with E-state index in [1.807, 2.05) is 0 Å². The van der Waals surface area contributed by atoms with Gasteiger partial charge in [-0.25, -0.2) is 0 Å². The summed E-state index contributed by atoms with van der Waals surface area (Å²) in [6.45, 7) is 0. The molecule has 0 spiro atoms. The fraction of sp³-hybridized carbons (Fsp3) is 0.111. The van der Waals surface area contributed by atoms with Crippen LogP contribution in [0.15, 0.2) is 24.3 Å². The Labute approximate surface area is 77.7 Å². The SMILES string of the molecule is C#Cc1ccccc1C(F)(F)Br. The lowest BCUT2D eigenvalue weighted by Crippen LogP contribution is -2.04. The minimum absolute atomic E-state index is 0.174. The third kappa shape index (κ3) is 1.83. The van der Waals surface area contributed by atoms with Gasteiger partial charge in [0.15, 0.2) is 0 Å². The first-order chi connectivity index (χ1) is 5.55. The first-order valence-electron chi connectivity index (χ1n) is 3.18. The first-order valence-corrected chi connectivity index (χ1v) is 3.98. The molecule has 1 rings (SSSR count). The summed E-state index contributed by atoms with van der Waals surface area (Å²) in [4.78, 5) is -3.05. The van der Waals surface area contributed by atoms with Crippen LogP contribution >= 0.6 is 15.9 Å². The lowest BCUT2D eigenvalue weighted by atomic mass is 10.1. The molecule has 62 valence electrons. The molecule has 1 aromatic carbocycles. The fourth-order valence-corrected chi connectivity index (χ4v) is 1.20. The number of rotatable bonds is 1. The summed E-state index contributed by atoms with van der Waals surface area (Å²) in [5, 5.41) is 0. The first kappa shape index (κ1) is 9.21. The van der Waals surface area contributed by atoms with Gasteiger partial charge < -0.3 is 0 Å². The second-order valence-corrected chi connectivity index (χ2v) is 3.18. The molecular formula is C9H5BrF2. The molecule has 0 aliphatic heterocycles. The van der Waals surface area contributed by atoms with Crippen LogP contribution in [0.4, 0.5) is 8.78 Å². The van der Waals surface area contributed by atoms with E-state index in [0.717, 1.165) is 0 Å². The Morgan fingerprint density at radius 3 is 2.33 bits per heavy atom. The maximum atomic E-state index is 12.7. The minimum atomic E-state index is -3.05. The van der Waals surface area contributed by atoms with Gasteiger partial charge in [0.05, 0.1) is 0 Å². The Hall–Kier alpha value is -0.880. The molecule has 0 aliphatic carbocycles. The molecule has 0 aliphatic rings. The quantitative estimate of drug-likeness (QED) is 0.514. The molecule has 0 saturated carbocycles. The Morgan fingerprint density at radius 1 is 1.33 bits per heavy atom. The molecule has 3 heteroatoms. The standard InChI is InChI=1S/C9H5BrF2/c1-2-7-5-3-4-6-8(7)9(10,11)12/h1,3-6H. The van der Waals surface area contributed by atoms with E-state index in [-0.39, 0.29) is 11.1 Å². The van der Waals surface area contributed by atoms with E-state index in [0.29, 0.717) is 0 Å². The average Bonchev–Trinajstić information content (AvgIpc) is 2.03. The van der Waals surface area contributed by atoms with Crippen LogP contribution in [0.3, 0.4) is 0 Å². The molecule has 0 bridgehead atoms. The van der Waals surface area contributed by atoms with Gasteiger partial charge in [0.25, 0.3) is 0 Å². The second-order valence-electron chi connectivity index (χ2n) is 2.19. The smallest absolute Gasteiger partial charge is 0.188 e. The van der Waals surface area contributed by atoms with Crippen LogP contribution in [-0.4, -0.2) is 0 Å². The van der Waals surface area contributed by atoms with Crippen molar-refractivity contribution in [2.45, 2.75) is 4.83 Å². The molecule has 0 nitrogen and oxygen atoms in total. The number of hydrogen-bond donors (Lipinski definition) is 0. The van der Waals surface area contributed by atoms with Gasteiger partial charge >= 0.3 is 4.83 Å². The second kappa shape index (κ2) is 3.24. The number of terminal acetylenes is 1. The molecule has 0 unspecified atom stereocenters. The highest BCUT2D eigenvalue weighted by molar-refractivity contribution is 9.09. The van der Waals surface area contributed by atoms with Gasteiger partial charge in [-0.15, -0.1) is 6.42 Å². The van der Waals surface area contributed by atoms with E-state index in [9.17, 15) is 8.78 Å². The van der Waals surface area contributed by atoms with Crippen LogP contribution < -0.4 is 0 Å². The summed E-state index contributed by atoms with van der Waals surface area (Å²) in [7, 11) is 0. The van der Waals surface area contributed by atoms with Crippen molar-refractivity contribution >= 4 is 15.9 Å². The van der Waals surface area contributed by atoms with Crippen molar-refractivity contribution in [2.24, 2.45) is 0 Å². The molecule has 0 saturated heterocycles. The molecule has 12 heavy (non-hydrogen) atoms. The Bertz CT molecular complexity index is 320. The Kier molecular flexibility index (Phi) is 2.49. The normalized spacial score (nSPS) is 10.8. The van der Waals surface area contributed by atoms with Crippen LogP contribution in [0.2, 0.25) is 0 Å². The maximum Gasteiger partial charge on any atom is 0.327 e. The Morgan fingerprint density at radius 2 is 1.92 bits per heavy atom. The maximum absolute atomic E-state index is 12.7. The van der Waals surface area contributed by atoms with Gasteiger partial charge in [0, 0.05) is 11.1 Å². The van der Waals surface area contributed by atoms with E-state index >= 15 is 0 Å². The number of alkyl halides is 3. The molecule has 1 aromatic rings. The predicted molar refractivity (Wildman–Crippen MR) is 47.2 cm³/mol. The summed E-state index contributed by atoms with van der Waals surface area (Å²) in [5.74, 6) is 2.19. The number of hydrogen-bond acceptors (Lipinski definition) is 0. The minimum Gasteiger partial charge on any atom is -0.188 e. The summed E-state index contributed by atoms with van der Waals surface area (Å²) in [6, 6.07) is 5.91.